The number of hydrogen-bond donors (Lipinski definition) is 2. The molecule has 1 atom stereocenters. The highest BCUT2D eigenvalue weighted by molar-refractivity contribution is 5.95. The lowest BCUT2D eigenvalue weighted by molar-refractivity contribution is -0.131. The van der Waals surface area contributed by atoms with Gasteiger partial charge in [0, 0.05) is 18.2 Å². The van der Waals surface area contributed by atoms with E-state index in [9.17, 15) is 9.59 Å². The fourth-order valence-electron chi connectivity index (χ4n) is 1.91. The van der Waals surface area contributed by atoms with Crippen molar-refractivity contribution in [3.05, 3.63) is 41.5 Å². The number of amides is 1. The molecule has 1 amide bonds. The van der Waals surface area contributed by atoms with Crippen molar-refractivity contribution in [2.45, 2.75) is 6.10 Å². The molecule has 1 saturated heterocycles. The van der Waals surface area contributed by atoms with Crippen molar-refractivity contribution in [2.75, 3.05) is 26.4 Å². The van der Waals surface area contributed by atoms with Gasteiger partial charge in [0.1, 0.15) is 0 Å². The van der Waals surface area contributed by atoms with Gasteiger partial charge in [0.25, 0.3) is 5.91 Å². The summed E-state index contributed by atoms with van der Waals surface area (Å²) in [6.07, 6.45) is 2.35. The zero-order valence-electron chi connectivity index (χ0n) is 11.5. The van der Waals surface area contributed by atoms with Crippen molar-refractivity contribution < 1.29 is 24.2 Å². The number of carbonyl (C=O) groups is 2. The zero-order chi connectivity index (χ0) is 15.1. The molecule has 1 unspecified atom stereocenters. The van der Waals surface area contributed by atoms with Gasteiger partial charge < -0.3 is 19.9 Å². The van der Waals surface area contributed by atoms with Crippen molar-refractivity contribution in [1.29, 1.82) is 0 Å². The Kier molecular flexibility index (Phi) is 5.48. The molecule has 0 aliphatic carbocycles. The fourth-order valence-corrected chi connectivity index (χ4v) is 1.91. The maximum absolute atomic E-state index is 12.0. The fraction of sp³-hybridized carbons (Fsp3) is 0.333. The summed E-state index contributed by atoms with van der Waals surface area (Å²) in [5.74, 6) is -1.26. The predicted molar refractivity (Wildman–Crippen MR) is 76.0 cm³/mol. The van der Waals surface area contributed by atoms with E-state index in [1.54, 1.807) is 24.3 Å². The number of aliphatic carboxylic acids is 1. The number of carbonyl (C=O) groups excluding carboxylic acids is 1. The third-order valence-corrected chi connectivity index (χ3v) is 2.94. The molecular formula is C15H17NO5. The minimum atomic E-state index is -1.03. The Morgan fingerprint density at radius 1 is 1.38 bits per heavy atom. The van der Waals surface area contributed by atoms with E-state index >= 15 is 0 Å². The number of carboxylic acids is 1. The van der Waals surface area contributed by atoms with Crippen LogP contribution in [0.2, 0.25) is 0 Å². The molecule has 0 aromatic heterocycles. The average molecular weight is 291 g/mol. The van der Waals surface area contributed by atoms with Crippen molar-refractivity contribution in [2.24, 2.45) is 0 Å². The lowest BCUT2D eigenvalue weighted by Gasteiger charge is -2.23. The van der Waals surface area contributed by atoms with Gasteiger partial charge in [-0.2, -0.15) is 0 Å². The summed E-state index contributed by atoms with van der Waals surface area (Å²) in [5.41, 5.74) is 1.13. The monoisotopic (exact) mass is 291 g/mol. The van der Waals surface area contributed by atoms with Crippen molar-refractivity contribution in [1.82, 2.24) is 5.32 Å². The third kappa shape index (κ3) is 5.02. The molecule has 1 heterocycles. The molecule has 2 N–H and O–H groups in total. The molecule has 1 aliphatic rings. The van der Waals surface area contributed by atoms with Crippen LogP contribution >= 0.6 is 0 Å². The predicted octanol–water partition coefficient (Wildman–Crippen LogP) is 0.930. The van der Waals surface area contributed by atoms with Gasteiger partial charge in [-0.05, 0) is 23.8 Å². The molecule has 21 heavy (non-hydrogen) atoms. The highest BCUT2D eigenvalue weighted by Crippen LogP contribution is 2.08. The van der Waals surface area contributed by atoms with Gasteiger partial charge in [-0.1, -0.05) is 12.1 Å². The quantitative estimate of drug-likeness (QED) is 0.788. The Labute approximate surface area is 122 Å². The van der Waals surface area contributed by atoms with Crippen LogP contribution in [0.4, 0.5) is 0 Å². The number of carboxylic acid groups (broad SMARTS) is 1. The summed E-state index contributed by atoms with van der Waals surface area (Å²) in [6, 6.07) is 6.74. The lowest BCUT2D eigenvalue weighted by Crippen LogP contribution is -2.39. The second-order valence-electron chi connectivity index (χ2n) is 4.57. The van der Waals surface area contributed by atoms with Crippen LogP contribution in [0, 0.1) is 0 Å². The van der Waals surface area contributed by atoms with Gasteiger partial charge in [0.2, 0.25) is 0 Å². The van der Waals surface area contributed by atoms with E-state index in [4.69, 9.17) is 14.6 Å². The molecule has 6 heteroatoms. The summed E-state index contributed by atoms with van der Waals surface area (Å²) >= 11 is 0. The lowest BCUT2D eigenvalue weighted by atomic mass is 10.1. The molecule has 1 aliphatic heterocycles. The minimum Gasteiger partial charge on any atom is -0.478 e. The van der Waals surface area contributed by atoms with Crippen LogP contribution in [0.25, 0.3) is 6.08 Å². The topological polar surface area (TPSA) is 84.9 Å². The number of hydrogen-bond acceptors (Lipinski definition) is 4. The van der Waals surface area contributed by atoms with E-state index in [1.807, 2.05) is 0 Å². The first kappa shape index (κ1) is 15.2. The van der Waals surface area contributed by atoms with Crippen LogP contribution in [-0.4, -0.2) is 49.5 Å². The number of nitrogens with one attached hydrogen (secondary N) is 1. The van der Waals surface area contributed by atoms with Crippen LogP contribution in [-0.2, 0) is 14.3 Å². The minimum absolute atomic E-state index is 0.127. The summed E-state index contributed by atoms with van der Waals surface area (Å²) < 4.78 is 10.7. The molecule has 0 spiro atoms. The normalized spacial score (nSPS) is 18.6. The Hall–Kier alpha value is -2.18. The van der Waals surface area contributed by atoms with Crippen LogP contribution in [0.3, 0.4) is 0 Å². The van der Waals surface area contributed by atoms with E-state index in [1.165, 1.54) is 6.08 Å². The molecule has 112 valence electrons. The molecule has 1 aromatic carbocycles. The van der Waals surface area contributed by atoms with Crippen molar-refractivity contribution >= 4 is 18.0 Å². The van der Waals surface area contributed by atoms with E-state index in [2.05, 4.69) is 5.32 Å². The van der Waals surface area contributed by atoms with Gasteiger partial charge in [0.05, 0.1) is 25.9 Å². The molecule has 0 bridgehead atoms. The SMILES string of the molecule is O=C(O)C=Cc1cccc(C(=O)NCC2COCCO2)c1. The Bertz CT molecular complexity index is 535. The second kappa shape index (κ2) is 7.56. The van der Waals surface area contributed by atoms with Crippen LogP contribution in [0.1, 0.15) is 15.9 Å². The van der Waals surface area contributed by atoms with Crippen LogP contribution in [0.5, 0.6) is 0 Å². The van der Waals surface area contributed by atoms with Crippen LogP contribution in [0.15, 0.2) is 30.3 Å². The maximum atomic E-state index is 12.0. The Morgan fingerprint density at radius 2 is 2.24 bits per heavy atom. The average Bonchev–Trinajstić information content (AvgIpc) is 2.52. The molecule has 1 fully saturated rings. The number of rotatable bonds is 5. The highest BCUT2D eigenvalue weighted by Gasteiger charge is 2.15. The molecule has 0 saturated carbocycles. The summed E-state index contributed by atoms with van der Waals surface area (Å²) in [4.78, 5) is 22.5. The first-order valence-electron chi connectivity index (χ1n) is 6.64. The van der Waals surface area contributed by atoms with E-state index in [-0.39, 0.29) is 12.0 Å². The number of benzene rings is 1. The van der Waals surface area contributed by atoms with E-state index in [0.29, 0.717) is 37.5 Å². The first-order valence-corrected chi connectivity index (χ1v) is 6.64. The summed E-state index contributed by atoms with van der Waals surface area (Å²) in [5, 5.41) is 11.4. The maximum Gasteiger partial charge on any atom is 0.328 e. The molecule has 6 nitrogen and oxygen atoms in total. The van der Waals surface area contributed by atoms with Crippen molar-refractivity contribution in [3.8, 4) is 0 Å². The third-order valence-electron chi connectivity index (χ3n) is 2.94. The highest BCUT2D eigenvalue weighted by atomic mass is 16.6. The molecule has 2 rings (SSSR count). The molecular weight excluding hydrogens is 274 g/mol. The van der Waals surface area contributed by atoms with Gasteiger partial charge in [0.15, 0.2) is 0 Å². The smallest absolute Gasteiger partial charge is 0.328 e. The standard InChI is InChI=1S/C15H17NO5/c17-14(18)5-4-11-2-1-3-12(8-11)15(19)16-9-13-10-20-6-7-21-13/h1-5,8,13H,6-7,9-10H2,(H,16,19)(H,17,18). The Morgan fingerprint density at radius 3 is 2.95 bits per heavy atom. The molecule has 0 radical (unpaired) electrons. The van der Waals surface area contributed by atoms with Gasteiger partial charge >= 0.3 is 5.97 Å². The Balaban J connectivity index is 1.92. The van der Waals surface area contributed by atoms with Crippen LogP contribution < -0.4 is 5.32 Å². The van der Waals surface area contributed by atoms with E-state index < -0.39 is 5.97 Å². The molecule has 1 aromatic rings. The second-order valence-corrected chi connectivity index (χ2v) is 4.57. The van der Waals surface area contributed by atoms with Gasteiger partial charge in [-0.15, -0.1) is 0 Å². The van der Waals surface area contributed by atoms with Gasteiger partial charge in [-0.25, -0.2) is 4.79 Å². The first-order chi connectivity index (χ1) is 10.1. The number of ether oxygens (including phenoxy) is 2. The van der Waals surface area contributed by atoms with E-state index in [0.717, 1.165) is 6.08 Å². The van der Waals surface area contributed by atoms with Crippen molar-refractivity contribution in [3.63, 3.8) is 0 Å². The summed E-state index contributed by atoms with van der Waals surface area (Å²) in [6.45, 7) is 1.98. The summed E-state index contributed by atoms with van der Waals surface area (Å²) in [7, 11) is 0. The van der Waals surface area contributed by atoms with Gasteiger partial charge in [-0.3, -0.25) is 4.79 Å². The zero-order valence-corrected chi connectivity index (χ0v) is 11.5. The largest absolute Gasteiger partial charge is 0.478 e.